The van der Waals surface area contributed by atoms with E-state index >= 15 is 0 Å². The van der Waals surface area contributed by atoms with Crippen molar-refractivity contribution in [1.29, 1.82) is 0 Å². The number of nitrogens with two attached hydrogens (primary N) is 1. The monoisotopic (exact) mass is 99.1 g/mol. The molecule has 0 aromatic rings. The van der Waals surface area contributed by atoms with E-state index in [0.717, 1.165) is 0 Å². The molecule has 0 bridgehead atoms. The van der Waals surface area contributed by atoms with Crippen molar-refractivity contribution in [3.63, 3.8) is 0 Å². The van der Waals surface area contributed by atoms with Gasteiger partial charge in [-0.3, -0.25) is 0 Å². The van der Waals surface area contributed by atoms with E-state index in [0.29, 0.717) is 6.54 Å². The van der Waals surface area contributed by atoms with Crippen molar-refractivity contribution < 1.29 is 0 Å². The lowest BCUT2D eigenvalue weighted by atomic mass is 10.8. The molecule has 0 aromatic carbocycles. The molecule has 0 aliphatic carbocycles. The first kappa shape index (κ1) is 6.14. The minimum atomic E-state index is 0.713. The molecule has 7 heavy (non-hydrogen) atoms. The number of nitrogens with zero attached hydrogens (tertiary/aromatic N) is 2. The summed E-state index contributed by atoms with van der Waals surface area (Å²) in [5.41, 5.74) is 4.93. The predicted molar refractivity (Wildman–Crippen MR) is 28.7 cm³/mol. The van der Waals surface area contributed by atoms with Gasteiger partial charge >= 0.3 is 0 Å². The number of hydrogen-bond acceptors (Lipinski definition) is 3. The molecule has 40 valence electrons. The van der Waals surface area contributed by atoms with Gasteiger partial charge in [0.2, 0.25) is 0 Å². The fraction of sp³-hybridized carbons (Fsp3) is 0.500. The van der Waals surface area contributed by atoms with Crippen molar-refractivity contribution in [1.82, 2.24) is 0 Å². The lowest BCUT2D eigenvalue weighted by Gasteiger charge is -1.71. The van der Waals surface area contributed by atoms with Crippen LogP contribution in [0.5, 0.6) is 0 Å². The molecular weight excluding hydrogens is 90.1 g/mol. The quantitative estimate of drug-likeness (QED) is 0.513. The highest BCUT2D eigenvalue weighted by Gasteiger charge is 1.58. The van der Waals surface area contributed by atoms with Gasteiger partial charge in [-0.15, -0.1) is 0 Å². The largest absolute Gasteiger partial charge is 0.403 e. The smallest absolute Gasteiger partial charge is 0.0645 e. The molecule has 0 fully saturated rings. The van der Waals surface area contributed by atoms with Gasteiger partial charge in [0, 0.05) is 6.20 Å². The van der Waals surface area contributed by atoms with E-state index < -0.39 is 0 Å². The van der Waals surface area contributed by atoms with Gasteiger partial charge in [-0.25, -0.2) is 0 Å². The van der Waals surface area contributed by atoms with Gasteiger partial charge in [0.05, 0.1) is 12.7 Å². The van der Waals surface area contributed by atoms with E-state index in [1.165, 1.54) is 12.4 Å². The van der Waals surface area contributed by atoms with E-state index in [-0.39, 0.29) is 0 Å². The summed E-state index contributed by atoms with van der Waals surface area (Å²) in [7, 11) is 0. The molecule has 3 nitrogen and oxygen atoms in total. The van der Waals surface area contributed by atoms with Crippen molar-refractivity contribution in [3.8, 4) is 0 Å². The molecular formula is C4H9N3. The fourth-order valence-corrected chi connectivity index (χ4v) is 0.167. The summed E-state index contributed by atoms with van der Waals surface area (Å²) < 4.78 is 0. The second-order valence-electron chi connectivity index (χ2n) is 0.915. The molecule has 0 spiro atoms. The van der Waals surface area contributed by atoms with Crippen LogP contribution in [0.3, 0.4) is 0 Å². The lowest BCUT2D eigenvalue weighted by Crippen LogP contribution is -1.72. The predicted octanol–water partition coefficient (Wildman–Crippen LogP) is 0.888. The van der Waals surface area contributed by atoms with Crippen LogP contribution in [0.25, 0.3) is 0 Å². The van der Waals surface area contributed by atoms with Crippen LogP contribution in [0.1, 0.15) is 6.92 Å². The normalized spacial score (nSPS) is 11.6. The Kier molecular flexibility index (Phi) is 4.51. The van der Waals surface area contributed by atoms with E-state index in [1.54, 1.807) is 0 Å². The average molecular weight is 99.1 g/mol. The summed E-state index contributed by atoms with van der Waals surface area (Å²) >= 11 is 0. The first-order chi connectivity index (χ1) is 3.41. The zero-order valence-electron chi connectivity index (χ0n) is 4.33. The molecule has 0 heterocycles. The SMILES string of the molecule is CC/N=N\C=C/N. The van der Waals surface area contributed by atoms with Gasteiger partial charge in [0.1, 0.15) is 0 Å². The van der Waals surface area contributed by atoms with Gasteiger partial charge < -0.3 is 5.73 Å². The third kappa shape index (κ3) is 5.14. The van der Waals surface area contributed by atoms with Crippen molar-refractivity contribution in [2.24, 2.45) is 16.0 Å². The Hall–Kier alpha value is -0.860. The van der Waals surface area contributed by atoms with Crippen LogP contribution in [0.4, 0.5) is 0 Å². The number of hydrogen-bond donors (Lipinski definition) is 1. The van der Waals surface area contributed by atoms with Crippen molar-refractivity contribution in [2.75, 3.05) is 6.54 Å². The molecule has 0 aromatic heterocycles. The maximum absolute atomic E-state index is 4.93. The lowest BCUT2D eigenvalue weighted by molar-refractivity contribution is 1.000. The highest BCUT2D eigenvalue weighted by atomic mass is 15.1. The summed E-state index contributed by atoms with van der Waals surface area (Å²) in [6.45, 7) is 2.62. The Morgan fingerprint density at radius 2 is 2.43 bits per heavy atom. The minimum absolute atomic E-state index is 0.713. The third-order valence-corrected chi connectivity index (χ3v) is 0.376. The average Bonchev–Trinajstić information content (AvgIpc) is 1.69. The van der Waals surface area contributed by atoms with Gasteiger partial charge in [0.25, 0.3) is 0 Å². The van der Waals surface area contributed by atoms with Gasteiger partial charge in [-0.05, 0) is 6.92 Å². The summed E-state index contributed by atoms with van der Waals surface area (Å²) in [4.78, 5) is 0. The van der Waals surface area contributed by atoms with Gasteiger partial charge in [0.15, 0.2) is 0 Å². The standard InChI is InChI=1S/C4H9N3/c1-2-6-7-4-3-5/h3-4H,2,5H2,1H3/b4-3-,7-6-. The Morgan fingerprint density at radius 3 is 2.86 bits per heavy atom. The van der Waals surface area contributed by atoms with Crippen LogP contribution in [0.15, 0.2) is 22.6 Å². The molecule has 0 aliphatic rings. The maximum atomic E-state index is 4.93. The maximum Gasteiger partial charge on any atom is 0.0645 e. The van der Waals surface area contributed by atoms with Crippen LogP contribution in [-0.4, -0.2) is 6.54 Å². The highest BCUT2D eigenvalue weighted by molar-refractivity contribution is 4.69. The molecule has 2 N–H and O–H groups in total. The van der Waals surface area contributed by atoms with E-state index in [9.17, 15) is 0 Å². The van der Waals surface area contributed by atoms with Gasteiger partial charge in [-0.1, -0.05) is 0 Å². The Morgan fingerprint density at radius 1 is 1.71 bits per heavy atom. The molecule has 0 unspecified atom stereocenters. The van der Waals surface area contributed by atoms with Crippen LogP contribution < -0.4 is 5.73 Å². The highest BCUT2D eigenvalue weighted by Crippen LogP contribution is 1.72. The molecule has 0 saturated carbocycles. The zero-order valence-corrected chi connectivity index (χ0v) is 4.33. The summed E-state index contributed by atoms with van der Waals surface area (Å²) in [5.74, 6) is 0. The Labute approximate surface area is 42.9 Å². The van der Waals surface area contributed by atoms with Crippen LogP contribution in [0.2, 0.25) is 0 Å². The van der Waals surface area contributed by atoms with E-state index in [2.05, 4.69) is 10.2 Å². The topological polar surface area (TPSA) is 50.7 Å². The van der Waals surface area contributed by atoms with E-state index in [1.807, 2.05) is 6.92 Å². The Bertz CT molecular complexity index is 75.0. The van der Waals surface area contributed by atoms with Crippen LogP contribution in [-0.2, 0) is 0 Å². The van der Waals surface area contributed by atoms with Crippen LogP contribution >= 0.6 is 0 Å². The summed E-state index contributed by atoms with van der Waals surface area (Å²) in [6, 6.07) is 0. The molecule has 0 amide bonds. The molecule has 0 aliphatic heterocycles. The minimum Gasteiger partial charge on any atom is -0.403 e. The van der Waals surface area contributed by atoms with Crippen LogP contribution in [0, 0.1) is 0 Å². The second-order valence-corrected chi connectivity index (χ2v) is 0.915. The second kappa shape index (κ2) is 5.14. The zero-order chi connectivity index (χ0) is 5.54. The molecule has 0 saturated heterocycles. The number of azo groups is 1. The number of rotatable bonds is 2. The van der Waals surface area contributed by atoms with Crippen molar-refractivity contribution in [2.45, 2.75) is 6.92 Å². The van der Waals surface area contributed by atoms with Gasteiger partial charge in [-0.2, -0.15) is 10.2 Å². The van der Waals surface area contributed by atoms with Crippen molar-refractivity contribution >= 4 is 0 Å². The molecule has 3 heteroatoms. The fourth-order valence-electron chi connectivity index (χ4n) is 0.167. The molecule has 0 radical (unpaired) electrons. The molecule has 0 rings (SSSR count). The molecule has 0 atom stereocenters. The Balaban J connectivity index is 3.09. The first-order valence-electron chi connectivity index (χ1n) is 2.15. The van der Waals surface area contributed by atoms with E-state index in [4.69, 9.17) is 5.73 Å². The van der Waals surface area contributed by atoms with Crippen molar-refractivity contribution in [3.05, 3.63) is 12.4 Å². The summed E-state index contributed by atoms with van der Waals surface area (Å²) in [5, 5.41) is 7.15. The third-order valence-electron chi connectivity index (χ3n) is 0.376. The first-order valence-corrected chi connectivity index (χ1v) is 2.15. The summed E-state index contributed by atoms with van der Waals surface area (Å²) in [6.07, 6.45) is 2.79.